The molecule has 2 saturated heterocycles. The van der Waals surface area contributed by atoms with Crippen LogP contribution in [0.3, 0.4) is 0 Å². The lowest BCUT2D eigenvalue weighted by molar-refractivity contribution is -0.182. The van der Waals surface area contributed by atoms with Crippen LogP contribution in [0.5, 0.6) is 0 Å². The number of ether oxygens (including phenoxy) is 1. The summed E-state index contributed by atoms with van der Waals surface area (Å²) < 4.78 is 11.3. The van der Waals surface area contributed by atoms with Gasteiger partial charge in [-0.1, -0.05) is 43.7 Å². The fourth-order valence-electron chi connectivity index (χ4n) is 4.47. The summed E-state index contributed by atoms with van der Waals surface area (Å²) in [7, 11) is 0. The molecule has 2 fully saturated rings. The maximum absolute atomic E-state index is 13.3. The van der Waals surface area contributed by atoms with E-state index in [9.17, 15) is 14.4 Å². The molecule has 3 aromatic rings. The largest absolute Gasteiger partial charge is 0.431 e. The highest BCUT2D eigenvalue weighted by Crippen LogP contribution is 2.53. The summed E-state index contributed by atoms with van der Waals surface area (Å²) in [4.78, 5) is 46.1. The lowest BCUT2D eigenvalue weighted by Crippen LogP contribution is -2.71. The van der Waals surface area contributed by atoms with Gasteiger partial charge in [0.05, 0.1) is 11.1 Å². The van der Waals surface area contributed by atoms with Crippen molar-refractivity contribution in [1.82, 2.24) is 9.88 Å². The lowest BCUT2D eigenvalue weighted by atomic mass is 9.73. The zero-order valence-corrected chi connectivity index (χ0v) is 19.3. The van der Waals surface area contributed by atoms with Crippen LogP contribution in [0.4, 0.5) is 10.5 Å². The Bertz CT molecular complexity index is 1220. The minimum Gasteiger partial charge on any atom is -0.431 e. The molecular formula is C24H23N3O5S. The molecule has 0 aliphatic carbocycles. The molecule has 170 valence electrons. The van der Waals surface area contributed by atoms with Crippen LogP contribution in [-0.2, 0) is 14.3 Å². The molecule has 0 saturated carbocycles. The molecule has 2 aliphatic rings. The van der Waals surface area contributed by atoms with Gasteiger partial charge in [-0.05, 0) is 55.8 Å². The van der Waals surface area contributed by atoms with Crippen molar-refractivity contribution in [1.29, 1.82) is 0 Å². The van der Waals surface area contributed by atoms with Crippen molar-refractivity contribution in [2.75, 3.05) is 4.90 Å². The number of amides is 3. The van der Waals surface area contributed by atoms with E-state index in [1.165, 1.54) is 16.7 Å². The van der Waals surface area contributed by atoms with Gasteiger partial charge < -0.3 is 9.15 Å². The number of benzene rings is 2. The summed E-state index contributed by atoms with van der Waals surface area (Å²) in [5.41, 5.74) is 2.06. The van der Waals surface area contributed by atoms with Crippen LogP contribution in [0.2, 0.25) is 0 Å². The number of carbonyl (C=O) groups is 3. The van der Waals surface area contributed by atoms with Crippen molar-refractivity contribution >= 4 is 46.5 Å². The monoisotopic (exact) mass is 465 g/mol. The first kappa shape index (κ1) is 21.5. The summed E-state index contributed by atoms with van der Waals surface area (Å²) in [5.74, 6) is -0.792. The number of cyclic esters (lactones) is 1. The fraction of sp³-hybridized carbons (Fsp3) is 0.333. The van der Waals surface area contributed by atoms with Gasteiger partial charge in [0.1, 0.15) is 10.9 Å². The van der Waals surface area contributed by atoms with Crippen LogP contribution in [0, 0.1) is 12.3 Å². The van der Waals surface area contributed by atoms with E-state index >= 15 is 0 Å². The van der Waals surface area contributed by atoms with Crippen molar-refractivity contribution in [3.63, 3.8) is 0 Å². The SMILES string of the molecule is CCC1(CC)C(=O)N([C@@H]2OC(=O)N(c3ccc(C)cc3)C2=O)[C@H]1Sc1nc2ccccc2o1. The molecule has 3 amide bonds. The van der Waals surface area contributed by atoms with Crippen LogP contribution in [0.1, 0.15) is 32.3 Å². The molecule has 8 nitrogen and oxygen atoms in total. The third-order valence-electron chi connectivity index (χ3n) is 6.51. The second kappa shape index (κ2) is 7.91. The fourth-order valence-corrected chi connectivity index (χ4v) is 5.93. The van der Waals surface area contributed by atoms with Gasteiger partial charge in [0.2, 0.25) is 5.91 Å². The minimum atomic E-state index is -1.32. The first-order valence-electron chi connectivity index (χ1n) is 10.9. The standard InChI is InChI=1S/C24H23N3O5S/c1-4-24(5-2)20(29)27(21(24)33-22-25-16-8-6-7-9-17(16)31-22)19-18(28)26(23(30)32-19)15-12-10-14(3)11-13-15/h6-13,19,21H,4-5H2,1-3H3/t19-,21+/m1/s1. The van der Waals surface area contributed by atoms with E-state index in [0.29, 0.717) is 34.9 Å². The summed E-state index contributed by atoms with van der Waals surface area (Å²) in [6, 6.07) is 14.4. The Labute approximate surface area is 194 Å². The summed E-state index contributed by atoms with van der Waals surface area (Å²) in [6.07, 6.45) is -0.960. The van der Waals surface area contributed by atoms with Gasteiger partial charge in [-0.25, -0.2) is 14.7 Å². The Balaban J connectivity index is 1.46. The topological polar surface area (TPSA) is 93.0 Å². The number of imide groups is 1. The van der Waals surface area contributed by atoms with Gasteiger partial charge in [0, 0.05) is 0 Å². The predicted octanol–water partition coefficient (Wildman–Crippen LogP) is 4.71. The normalized spacial score (nSPS) is 22.1. The molecule has 0 radical (unpaired) electrons. The quantitative estimate of drug-likeness (QED) is 0.487. The number of β-lactam (4-membered cyclic amide) rings is 1. The minimum absolute atomic E-state index is 0.210. The molecule has 2 atom stereocenters. The van der Waals surface area contributed by atoms with Gasteiger partial charge in [-0.3, -0.25) is 14.5 Å². The van der Waals surface area contributed by atoms with Gasteiger partial charge in [-0.2, -0.15) is 0 Å². The van der Waals surface area contributed by atoms with E-state index in [4.69, 9.17) is 9.15 Å². The van der Waals surface area contributed by atoms with E-state index in [1.54, 1.807) is 12.1 Å². The molecule has 0 bridgehead atoms. The average Bonchev–Trinajstić information content (AvgIpc) is 3.35. The Morgan fingerprint density at radius 3 is 2.39 bits per heavy atom. The number of anilines is 1. The average molecular weight is 466 g/mol. The number of oxazole rings is 1. The number of para-hydroxylation sites is 2. The van der Waals surface area contributed by atoms with Crippen molar-refractivity contribution in [3.05, 3.63) is 54.1 Å². The number of rotatable bonds is 6. The van der Waals surface area contributed by atoms with Gasteiger partial charge in [0.15, 0.2) is 5.58 Å². The Morgan fingerprint density at radius 2 is 1.73 bits per heavy atom. The van der Waals surface area contributed by atoms with Crippen LogP contribution in [0.15, 0.2) is 58.2 Å². The zero-order chi connectivity index (χ0) is 23.3. The number of hydrogen-bond donors (Lipinski definition) is 0. The number of thioether (sulfide) groups is 1. The van der Waals surface area contributed by atoms with E-state index in [1.807, 2.05) is 57.2 Å². The third-order valence-corrected chi connectivity index (χ3v) is 7.78. The molecule has 1 aromatic heterocycles. The summed E-state index contributed by atoms with van der Waals surface area (Å²) in [6.45, 7) is 5.80. The zero-order valence-electron chi connectivity index (χ0n) is 18.5. The third kappa shape index (κ3) is 3.21. The van der Waals surface area contributed by atoms with E-state index in [2.05, 4.69) is 4.98 Å². The van der Waals surface area contributed by atoms with Crippen molar-refractivity contribution in [2.24, 2.45) is 5.41 Å². The first-order valence-corrected chi connectivity index (χ1v) is 11.7. The number of fused-ring (bicyclic) bond motifs is 1. The second-order valence-corrected chi connectivity index (χ2v) is 9.27. The van der Waals surface area contributed by atoms with Crippen molar-refractivity contribution in [3.8, 4) is 0 Å². The number of likely N-dealkylation sites (tertiary alicyclic amines) is 1. The smallest absolute Gasteiger partial charge is 0.423 e. The molecular weight excluding hydrogens is 442 g/mol. The highest BCUT2D eigenvalue weighted by atomic mass is 32.2. The Hall–Kier alpha value is -3.33. The molecule has 9 heteroatoms. The molecule has 5 rings (SSSR count). The molecule has 33 heavy (non-hydrogen) atoms. The summed E-state index contributed by atoms with van der Waals surface area (Å²) in [5, 5.41) is -0.0649. The van der Waals surface area contributed by atoms with E-state index < -0.39 is 29.0 Å². The van der Waals surface area contributed by atoms with E-state index in [0.717, 1.165) is 10.5 Å². The molecule has 3 heterocycles. The lowest BCUT2D eigenvalue weighted by Gasteiger charge is -2.55. The Kier molecular flexibility index (Phi) is 5.16. The van der Waals surface area contributed by atoms with Crippen LogP contribution < -0.4 is 4.90 Å². The Morgan fingerprint density at radius 1 is 1.03 bits per heavy atom. The molecule has 2 aliphatic heterocycles. The number of carbonyl (C=O) groups excluding carboxylic acids is 3. The predicted molar refractivity (Wildman–Crippen MR) is 122 cm³/mol. The molecule has 0 unspecified atom stereocenters. The number of hydrogen-bond acceptors (Lipinski definition) is 7. The van der Waals surface area contributed by atoms with Crippen LogP contribution in [0.25, 0.3) is 11.1 Å². The first-order chi connectivity index (χ1) is 15.9. The molecule has 0 spiro atoms. The van der Waals surface area contributed by atoms with Gasteiger partial charge in [0.25, 0.3) is 17.4 Å². The molecule has 0 N–H and O–H groups in total. The number of aryl methyl sites for hydroxylation is 1. The van der Waals surface area contributed by atoms with Crippen LogP contribution >= 0.6 is 11.8 Å². The number of aromatic nitrogens is 1. The van der Waals surface area contributed by atoms with E-state index in [-0.39, 0.29) is 5.91 Å². The van der Waals surface area contributed by atoms with Gasteiger partial charge >= 0.3 is 6.09 Å². The molecule has 2 aromatic carbocycles. The second-order valence-electron chi connectivity index (χ2n) is 8.24. The maximum atomic E-state index is 13.3. The van der Waals surface area contributed by atoms with Crippen LogP contribution in [-0.4, -0.2) is 39.4 Å². The number of nitrogens with zero attached hydrogens (tertiary/aromatic N) is 3. The van der Waals surface area contributed by atoms with Gasteiger partial charge in [-0.15, -0.1) is 0 Å². The van der Waals surface area contributed by atoms with Crippen molar-refractivity contribution in [2.45, 2.75) is 50.4 Å². The van der Waals surface area contributed by atoms with Crippen molar-refractivity contribution < 1.29 is 23.5 Å². The highest BCUT2D eigenvalue weighted by Gasteiger charge is 2.65. The summed E-state index contributed by atoms with van der Waals surface area (Å²) >= 11 is 1.28. The maximum Gasteiger partial charge on any atom is 0.423 e. The highest BCUT2D eigenvalue weighted by molar-refractivity contribution is 7.99.